The van der Waals surface area contributed by atoms with Crippen molar-refractivity contribution in [1.82, 2.24) is 4.98 Å². The third-order valence-electron chi connectivity index (χ3n) is 1.94. The minimum absolute atomic E-state index is 0.221. The van der Waals surface area contributed by atoms with E-state index in [1.165, 1.54) is 6.07 Å². The Balaban J connectivity index is 2.70. The van der Waals surface area contributed by atoms with Gasteiger partial charge in [0, 0.05) is 11.5 Å². The second-order valence-electron chi connectivity index (χ2n) is 2.82. The lowest BCUT2D eigenvalue weighted by Crippen LogP contribution is -1.87. The summed E-state index contributed by atoms with van der Waals surface area (Å²) in [5, 5.41) is 0.756. The highest BCUT2D eigenvalue weighted by atomic mass is 79.9. The largest absolute Gasteiger partial charge is 0.497 e. The molecule has 0 spiro atoms. The number of ether oxygens (including phenoxy) is 1. The molecule has 0 amide bonds. The van der Waals surface area contributed by atoms with E-state index in [9.17, 15) is 4.39 Å². The summed E-state index contributed by atoms with van der Waals surface area (Å²) in [6.07, 6.45) is 0. The molecule has 0 aliphatic heterocycles. The molecule has 0 bridgehead atoms. The summed E-state index contributed by atoms with van der Waals surface area (Å²) in [4.78, 5) is 4.05. The number of rotatable bonds is 1. The van der Waals surface area contributed by atoms with Crippen molar-refractivity contribution in [2.75, 3.05) is 7.11 Å². The van der Waals surface area contributed by atoms with Crippen molar-refractivity contribution in [3.05, 3.63) is 34.7 Å². The van der Waals surface area contributed by atoms with Crippen LogP contribution in [0.4, 0.5) is 4.39 Å². The summed E-state index contributed by atoms with van der Waals surface area (Å²) in [6, 6.07) is 6.75. The van der Waals surface area contributed by atoms with Crippen molar-refractivity contribution in [2.45, 2.75) is 0 Å². The zero-order valence-corrected chi connectivity index (χ0v) is 9.01. The van der Waals surface area contributed by atoms with Crippen LogP contribution in [-0.4, -0.2) is 12.1 Å². The van der Waals surface area contributed by atoms with Crippen LogP contribution in [0.25, 0.3) is 10.9 Å². The lowest BCUT2D eigenvalue weighted by molar-refractivity contribution is 0.415. The summed E-state index contributed by atoms with van der Waals surface area (Å²) < 4.78 is 18.4. The second-order valence-corrected chi connectivity index (χ2v) is 3.57. The number of hydrogen-bond acceptors (Lipinski definition) is 2. The third kappa shape index (κ3) is 1.57. The van der Waals surface area contributed by atoms with Gasteiger partial charge in [0.25, 0.3) is 0 Å². The topological polar surface area (TPSA) is 22.1 Å². The van der Waals surface area contributed by atoms with Crippen LogP contribution in [0, 0.1) is 5.82 Å². The number of aromatic nitrogens is 1. The first-order valence-corrected chi connectivity index (χ1v) is 4.80. The average molecular weight is 256 g/mol. The highest BCUT2D eigenvalue weighted by Crippen LogP contribution is 2.23. The van der Waals surface area contributed by atoms with Crippen molar-refractivity contribution in [3.63, 3.8) is 0 Å². The van der Waals surface area contributed by atoms with Crippen LogP contribution >= 0.6 is 15.9 Å². The molecule has 0 aliphatic carbocycles. The first-order chi connectivity index (χ1) is 6.70. The standard InChI is InChI=1S/C10H7BrFNO/c1-14-7-3-2-6-4-8(12)10(11)13-9(6)5-7/h2-5H,1H3. The minimum atomic E-state index is -0.359. The van der Waals surface area contributed by atoms with Crippen molar-refractivity contribution >= 4 is 26.8 Å². The van der Waals surface area contributed by atoms with Gasteiger partial charge >= 0.3 is 0 Å². The van der Waals surface area contributed by atoms with Crippen molar-refractivity contribution in [2.24, 2.45) is 0 Å². The van der Waals surface area contributed by atoms with E-state index in [2.05, 4.69) is 20.9 Å². The monoisotopic (exact) mass is 255 g/mol. The summed E-state index contributed by atoms with van der Waals surface area (Å²) in [6.45, 7) is 0. The van der Waals surface area contributed by atoms with Crippen LogP contribution < -0.4 is 4.74 Å². The molecule has 0 unspecified atom stereocenters. The molecule has 2 rings (SSSR count). The average Bonchev–Trinajstić information content (AvgIpc) is 2.19. The minimum Gasteiger partial charge on any atom is -0.497 e. The molecule has 0 fully saturated rings. The predicted molar refractivity (Wildman–Crippen MR) is 56.0 cm³/mol. The molecule has 2 nitrogen and oxygen atoms in total. The fourth-order valence-corrected chi connectivity index (χ4v) is 1.53. The fourth-order valence-electron chi connectivity index (χ4n) is 1.22. The molecule has 1 aromatic carbocycles. The van der Waals surface area contributed by atoms with Gasteiger partial charge in [-0.15, -0.1) is 0 Å². The Hall–Kier alpha value is -1.16. The number of halogens is 2. The molecule has 4 heteroatoms. The smallest absolute Gasteiger partial charge is 0.156 e. The van der Waals surface area contributed by atoms with E-state index in [-0.39, 0.29) is 10.4 Å². The van der Waals surface area contributed by atoms with Gasteiger partial charge in [0.1, 0.15) is 10.4 Å². The normalized spacial score (nSPS) is 10.5. The van der Waals surface area contributed by atoms with E-state index in [1.807, 2.05) is 0 Å². The zero-order chi connectivity index (χ0) is 10.1. The Morgan fingerprint density at radius 2 is 2.14 bits per heavy atom. The van der Waals surface area contributed by atoms with Crippen LogP contribution in [0.1, 0.15) is 0 Å². The van der Waals surface area contributed by atoms with Gasteiger partial charge in [-0.1, -0.05) is 0 Å². The van der Waals surface area contributed by atoms with Gasteiger partial charge in [0.15, 0.2) is 5.82 Å². The van der Waals surface area contributed by atoms with E-state index >= 15 is 0 Å². The highest BCUT2D eigenvalue weighted by molar-refractivity contribution is 9.10. The van der Waals surface area contributed by atoms with E-state index in [0.717, 1.165) is 5.39 Å². The number of nitrogens with zero attached hydrogens (tertiary/aromatic N) is 1. The first kappa shape index (κ1) is 9.40. The van der Waals surface area contributed by atoms with Crippen LogP contribution in [-0.2, 0) is 0 Å². The maximum Gasteiger partial charge on any atom is 0.156 e. The Morgan fingerprint density at radius 1 is 1.36 bits per heavy atom. The summed E-state index contributed by atoms with van der Waals surface area (Å²) in [7, 11) is 1.58. The van der Waals surface area contributed by atoms with Gasteiger partial charge in [0.05, 0.1) is 12.6 Å². The number of pyridine rings is 1. The molecule has 14 heavy (non-hydrogen) atoms. The van der Waals surface area contributed by atoms with Gasteiger partial charge < -0.3 is 4.74 Å². The molecule has 0 radical (unpaired) electrons. The lowest BCUT2D eigenvalue weighted by atomic mass is 10.2. The zero-order valence-electron chi connectivity index (χ0n) is 7.42. The van der Waals surface area contributed by atoms with Gasteiger partial charge in [-0.05, 0) is 34.1 Å². The molecular formula is C10H7BrFNO. The van der Waals surface area contributed by atoms with Gasteiger partial charge in [0.2, 0.25) is 0 Å². The van der Waals surface area contributed by atoms with E-state index in [1.54, 1.807) is 25.3 Å². The fraction of sp³-hybridized carbons (Fsp3) is 0.100. The quantitative estimate of drug-likeness (QED) is 0.731. The Bertz CT molecular complexity index is 487. The predicted octanol–water partition coefficient (Wildman–Crippen LogP) is 3.15. The SMILES string of the molecule is COc1ccc2cc(F)c(Br)nc2c1. The van der Waals surface area contributed by atoms with Crippen LogP contribution in [0.3, 0.4) is 0 Å². The Morgan fingerprint density at radius 3 is 2.86 bits per heavy atom. The molecular weight excluding hydrogens is 249 g/mol. The van der Waals surface area contributed by atoms with Gasteiger partial charge in [-0.3, -0.25) is 0 Å². The Labute approximate surface area is 88.8 Å². The molecule has 1 heterocycles. The molecule has 72 valence electrons. The molecule has 0 N–H and O–H groups in total. The maximum atomic E-state index is 13.1. The highest BCUT2D eigenvalue weighted by Gasteiger charge is 2.04. The number of hydrogen-bond donors (Lipinski definition) is 0. The maximum absolute atomic E-state index is 13.1. The van der Waals surface area contributed by atoms with Crippen molar-refractivity contribution in [1.29, 1.82) is 0 Å². The van der Waals surface area contributed by atoms with Crippen molar-refractivity contribution < 1.29 is 9.13 Å². The van der Waals surface area contributed by atoms with E-state index in [0.29, 0.717) is 11.3 Å². The number of methoxy groups -OCH3 is 1. The van der Waals surface area contributed by atoms with Crippen LogP contribution in [0.2, 0.25) is 0 Å². The summed E-state index contributed by atoms with van der Waals surface area (Å²) in [5.74, 6) is 0.353. The molecule has 2 aromatic rings. The lowest BCUT2D eigenvalue weighted by Gasteiger charge is -2.02. The summed E-state index contributed by atoms with van der Waals surface area (Å²) in [5.41, 5.74) is 0.706. The van der Waals surface area contributed by atoms with Gasteiger partial charge in [-0.25, -0.2) is 9.37 Å². The molecule has 1 aromatic heterocycles. The van der Waals surface area contributed by atoms with E-state index < -0.39 is 0 Å². The van der Waals surface area contributed by atoms with E-state index in [4.69, 9.17) is 4.74 Å². The van der Waals surface area contributed by atoms with Crippen LogP contribution in [0.15, 0.2) is 28.9 Å². The van der Waals surface area contributed by atoms with Crippen molar-refractivity contribution in [3.8, 4) is 5.75 Å². The third-order valence-corrected chi connectivity index (χ3v) is 2.49. The summed E-state index contributed by atoms with van der Waals surface area (Å²) >= 11 is 3.04. The molecule has 0 atom stereocenters. The molecule has 0 saturated heterocycles. The molecule has 0 saturated carbocycles. The van der Waals surface area contributed by atoms with Gasteiger partial charge in [-0.2, -0.15) is 0 Å². The first-order valence-electron chi connectivity index (χ1n) is 4.00. The number of benzene rings is 1. The molecule has 0 aliphatic rings. The number of fused-ring (bicyclic) bond motifs is 1. The van der Waals surface area contributed by atoms with Crippen LogP contribution in [0.5, 0.6) is 5.75 Å². The second kappa shape index (κ2) is 3.53. The Kier molecular flexibility index (Phi) is 2.37.